The third-order valence-electron chi connectivity index (χ3n) is 9.42. The summed E-state index contributed by atoms with van der Waals surface area (Å²) in [5.41, 5.74) is 0.948. The minimum absolute atomic E-state index is 0.332. The quantitative estimate of drug-likeness (QED) is 0.591. The fourth-order valence-electron chi connectivity index (χ4n) is 8.14. The first-order chi connectivity index (χ1) is 10.9. The van der Waals surface area contributed by atoms with Crippen molar-refractivity contribution in [2.45, 2.75) is 85.5 Å². The lowest BCUT2D eigenvalue weighted by molar-refractivity contribution is -0.135. The van der Waals surface area contributed by atoms with Gasteiger partial charge in [-0.1, -0.05) is 27.2 Å². The van der Waals surface area contributed by atoms with Crippen LogP contribution < -0.4 is 0 Å². The van der Waals surface area contributed by atoms with Gasteiger partial charge >= 0.3 is 0 Å². The van der Waals surface area contributed by atoms with Crippen molar-refractivity contribution in [1.82, 2.24) is 0 Å². The van der Waals surface area contributed by atoms with Crippen LogP contribution in [0, 0.1) is 46.3 Å². The summed E-state index contributed by atoms with van der Waals surface area (Å²) in [5.74, 6) is 5.50. The summed E-state index contributed by atoms with van der Waals surface area (Å²) in [6, 6.07) is 0. The zero-order chi connectivity index (χ0) is 16.4. The molecule has 4 rings (SSSR count). The summed E-state index contributed by atoms with van der Waals surface area (Å²) in [5, 5.41) is 0. The minimum Gasteiger partial charge on any atom is -0.300 e. The van der Waals surface area contributed by atoms with Crippen molar-refractivity contribution >= 4 is 5.78 Å². The van der Waals surface area contributed by atoms with Gasteiger partial charge in [-0.05, 0) is 98.7 Å². The molecule has 4 aliphatic rings. The van der Waals surface area contributed by atoms with Crippen LogP contribution in [0.1, 0.15) is 85.5 Å². The molecule has 0 radical (unpaired) electrons. The Balaban J connectivity index is 1.61. The number of carbonyl (C=O) groups excluding carboxylic acids is 1. The molecule has 0 heterocycles. The Bertz CT molecular complexity index is 496. The zero-order valence-electron chi connectivity index (χ0n) is 15.7. The summed E-state index contributed by atoms with van der Waals surface area (Å²) in [7, 11) is 0. The van der Waals surface area contributed by atoms with Crippen molar-refractivity contribution in [3.63, 3.8) is 0 Å². The van der Waals surface area contributed by atoms with E-state index >= 15 is 0 Å². The van der Waals surface area contributed by atoms with Gasteiger partial charge in [-0.25, -0.2) is 0 Å². The largest absolute Gasteiger partial charge is 0.300 e. The molecule has 0 spiro atoms. The van der Waals surface area contributed by atoms with Crippen LogP contribution in [-0.2, 0) is 4.79 Å². The minimum atomic E-state index is 0.332. The molecular weight excluding hydrogens is 280 g/mol. The second-order valence-electron chi connectivity index (χ2n) is 10.3. The third-order valence-corrected chi connectivity index (χ3v) is 9.42. The predicted molar refractivity (Wildman–Crippen MR) is 95.1 cm³/mol. The number of ketones is 1. The van der Waals surface area contributed by atoms with E-state index in [1.807, 2.05) is 6.92 Å². The first-order valence-electron chi connectivity index (χ1n) is 10.4. The Morgan fingerprint density at radius 3 is 2.30 bits per heavy atom. The lowest BCUT2D eigenvalue weighted by Gasteiger charge is -2.61. The molecule has 0 N–H and O–H groups in total. The van der Waals surface area contributed by atoms with Gasteiger partial charge in [0.25, 0.3) is 0 Å². The van der Waals surface area contributed by atoms with E-state index in [0.717, 1.165) is 29.6 Å². The molecule has 4 aliphatic carbocycles. The lowest BCUT2D eigenvalue weighted by atomic mass is 9.44. The van der Waals surface area contributed by atoms with Crippen LogP contribution in [0.4, 0.5) is 0 Å². The SMILES string of the molecule is CC(=O)C1CCC2C3CCC4CC(C)CCC4(C)C3CCC12C. The Labute approximate surface area is 143 Å². The van der Waals surface area contributed by atoms with Crippen LogP contribution in [0.2, 0.25) is 0 Å². The number of hydrogen-bond acceptors (Lipinski definition) is 1. The van der Waals surface area contributed by atoms with Crippen molar-refractivity contribution in [3.05, 3.63) is 0 Å². The topological polar surface area (TPSA) is 17.1 Å². The van der Waals surface area contributed by atoms with Crippen LogP contribution in [0.15, 0.2) is 0 Å². The van der Waals surface area contributed by atoms with Crippen molar-refractivity contribution in [2.75, 3.05) is 0 Å². The average Bonchev–Trinajstić information content (AvgIpc) is 2.85. The standard InChI is InChI=1S/C22H36O/c1-14-9-11-21(3)16(13-14)5-6-17-19-8-7-18(15(2)23)22(19,4)12-10-20(17)21/h14,16-20H,5-13H2,1-4H3. The normalized spacial score (nSPS) is 55.7. The molecule has 0 saturated heterocycles. The highest BCUT2D eigenvalue weighted by molar-refractivity contribution is 5.79. The monoisotopic (exact) mass is 316 g/mol. The smallest absolute Gasteiger partial charge is 0.133 e. The van der Waals surface area contributed by atoms with Crippen LogP contribution in [0.5, 0.6) is 0 Å². The molecule has 1 heteroatoms. The van der Waals surface area contributed by atoms with E-state index in [1.54, 1.807) is 0 Å². The van der Waals surface area contributed by atoms with Gasteiger partial charge in [0.05, 0.1) is 0 Å². The highest BCUT2D eigenvalue weighted by Gasteiger charge is 2.60. The van der Waals surface area contributed by atoms with Gasteiger partial charge in [0.1, 0.15) is 5.78 Å². The molecular formula is C22H36O. The van der Waals surface area contributed by atoms with Crippen LogP contribution >= 0.6 is 0 Å². The fourth-order valence-corrected chi connectivity index (χ4v) is 8.14. The number of fused-ring (bicyclic) bond motifs is 5. The maximum absolute atomic E-state index is 12.2. The molecule has 23 heavy (non-hydrogen) atoms. The molecule has 130 valence electrons. The second-order valence-corrected chi connectivity index (χ2v) is 10.3. The second kappa shape index (κ2) is 5.33. The van der Waals surface area contributed by atoms with Crippen molar-refractivity contribution < 1.29 is 4.79 Å². The Hall–Kier alpha value is -0.330. The molecule has 4 fully saturated rings. The molecule has 1 nitrogen and oxygen atoms in total. The summed E-state index contributed by atoms with van der Waals surface area (Å²) < 4.78 is 0. The van der Waals surface area contributed by atoms with Crippen LogP contribution in [0.3, 0.4) is 0 Å². The molecule has 8 atom stereocenters. The lowest BCUT2D eigenvalue weighted by Crippen LogP contribution is -2.53. The molecule has 0 aliphatic heterocycles. The highest BCUT2D eigenvalue weighted by Crippen LogP contribution is 2.67. The maximum atomic E-state index is 12.2. The van der Waals surface area contributed by atoms with E-state index in [-0.39, 0.29) is 0 Å². The summed E-state index contributed by atoms with van der Waals surface area (Å²) >= 11 is 0. The Morgan fingerprint density at radius 2 is 1.57 bits per heavy atom. The van der Waals surface area contributed by atoms with Crippen molar-refractivity contribution in [2.24, 2.45) is 46.3 Å². The van der Waals surface area contributed by atoms with E-state index in [2.05, 4.69) is 20.8 Å². The van der Waals surface area contributed by atoms with Gasteiger partial charge in [0, 0.05) is 5.92 Å². The molecule has 4 saturated carbocycles. The van der Waals surface area contributed by atoms with E-state index in [1.165, 1.54) is 57.8 Å². The Morgan fingerprint density at radius 1 is 0.870 bits per heavy atom. The molecule has 0 bridgehead atoms. The summed E-state index contributed by atoms with van der Waals surface area (Å²) in [6.07, 6.45) is 12.6. The summed E-state index contributed by atoms with van der Waals surface area (Å²) in [4.78, 5) is 12.2. The van der Waals surface area contributed by atoms with Gasteiger partial charge < -0.3 is 0 Å². The fraction of sp³-hybridized carbons (Fsp3) is 0.955. The van der Waals surface area contributed by atoms with E-state index < -0.39 is 0 Å². The maximum Gasteiger partial charge on any atom is 0.133 e. The van der Waals surface area contributed by atoms with E-state index in [0.29, 0.717) is 22.5 Å². The Kier molecular flexibility index (Phi) is 3.75. The molecule has 0 amide bonds. The number of hydrogen-bond donors (Lipinski definition) is 0. The van der Waals surface area contributed by atoms with Crippen molar-refractivity contribution in [3.8, 4) is 0 Å². The van der Waals surface area contributed by atoms with Crippen LogP contribution in [-0.4, -0.2) is 5.78 Å². The van der Waals surface area contributed by atoms with Crippen LogP contribution in [0.25, 0.3) is 0 Å². The van der Waals surface area contributed by atoms with Gasteiger partial charge in [0.15, 0.2) is 0 Å². The molecule has 0 aromatic rings. The van der Waals surface area contributed by atoms with Gasteiger partial charge in [0.2, 0.25) is 0 Å². The van der Waals surface area contributed by atoms with Crippen molar-refractivity contribution in [1.29, 1.82) is 0 Å². The third kappa shape index (κ3) is 2.20. The van der Waals surface area contributed by atoms with Gasteiger partial charge in [-0.3, -0.25) is 4.79 Å². The molecule has 8 unspecified atom stereocenters. The molecule has 0 aromatic heterocycles. The number of Topliss-reactive ketones (excluding diaryl/α,β-unsaturated/α-hetero) is 1. The first kappa shape index (κ1) is 16.2. The number of rotatable bonds is 1. The van der Waals surface area contributed by atoms with E-state index in [4.69, 9.17) is 0 Å². The summed E-state index contributed by atoms with van der Waals surface area (Å²) in [6.45, 7) is 9.45. The number of carbonyl (C=O) groups is 1. The highest BCUT2D eigenvalue weighted by atomic mass is 16.1. The predicted octanol–water partition coefficient (Wildman–Crippen LogP) is 5.87. The van der Waals surface area contributed by atoms with Gasteiger partial charge in [-0.15, -0.1) is 0 Å². The average molecular weight is 317 g/mol. The van der Waals surface area contributed by atoms with Gasteiger partial charge in [-0.2, -0.15) is 0 Å². The molecule has 0 aromatic carbocycles. The van der Waals surface area contributed by atoms with E-state index in [9.17, 15) is 4.79 Å². The first-order valence-corrected chi connectivity index (χ1v) is 10.4. The zero-order valence-corrected chi connectivity index (χ0v) is 15.7.